The van der Waals surface area contributed by atoms with Crippen molar-refractivity contribution in [3.8, 4) is 11.1 Å². The van der Waals surface area contributed by atoms with Gasteiger partial charge in [0.2, 0.25) is 5.91 Å². The summed E-state index contributed by atoms with van der Waals surface area (Å²) in [4.78, 5) is 26.6. The van der Waals surface area contributed by atoms with Crippen LogP contribution in [0.4, 0.5) is 5.82 Å². The van der Waals surface area contributed by atoms with Gasteiger partial charge in [-0.3, -0.25) is 9.69 Å². The number of benzene rings is 1. The quantitative estimate of drug-likeness (QED) is 0.635. The summed E-state index contributed by atoms with van der Waals surface area (Å²) in [6.45, 7) is 4.20. The maximum atomic E-state index is 11.4. The molecule has 2 aliphatic heterocycles. The van der Waals surface area contributed by atoms with Gasteiger partial charge in [0.05, 0.1) is 5.39 Å². The summed E-state index contributed by atoms with van der Waals surface area (Å²) < 4.78 is 0. The van der Waals surface area contributed by atoms with Gasteiger partial charge in [-0.05, 0) is 43.7 Å². The van der Waals surface area contributed by atoms with Crippen molar-refractivity contribution in [1.82, 2.24) is 14.9 Å². The fourth-order valence-corrected chi connectivity index (χ4v) is 6.10. The Morgan fingerprint density at radius 2 is 1.90 bits per heavy atom. The number of carbonyl (C=O) groups is 1. The number of nitrogens with two attached hydrogens (primary N) is 1. The van der Waals surface area contributed by atoms with Crippen LogP contribution in [-0.4, -0.2) is 53.0 Å². The number of carbonyl (C=O) groups excluding carboxylic acids is 1. The van der Waals surface area contributed by atoms with Crippen molar-refractivity contribution in [2.45, 2.75) is 38.1 Å². The van der Waals surface area contributed by atoms with E-state index in [1.54, 1.807) is 17.7 Å². The second-order valence-corrected chi connectivity index (χ2v) is 9.64. The zero-order valence-corrected chi connectivity index (χ0v) is 18.6. The van der Waals surface area contributed by atoms with Gasteiger partial charge in [-0.25, -0.2) is 9.97 Å². The van der Waals surface area contributed by atoms with Crippen LogP contribution in [0, 0.1) is 5.92 Å². The average Bonchev–Trinajstić information content (AvgIpc) is 3.41. The first-order valence-corrected chi connectivity index (χ1v) is 12.1. The first-order chi connectivity index (χ1) is 15.2. The van der Waals surface area contributed by atoms with Crippen molar-refractivity contribution in [3.63, 3.8) is 0 Å². The van der Waals surface area contributed by atoms with Crippen LogP contribution in [-0.2, 0) is 4.79 Å². The maximum absolute atomic E-state index is 11.4. The van der Waals surface area contributed by atoms with Crippen LogP contribution in [0.1, 0.15) is 32.1 Å². The number of primary amides is 1. The second-order valence-electron chi connectivity index (χ2n) is 8.78. The molecule has 2 N–H and O–H groups in total. The van der Waals surface area contributed by atoms with E-state index in [0.29, 0.717) is 18.4 Å². The van der Waals surface area contributed by atoms with Crippen LogP contribution >= 0.6 is 11.3 Å². The van der Waals surface area contributed by atoms with E-state index in [9.17, 15) is 4.79 Å². The molecule has 0 spiro atoms. The van der Waals surface area contributed by atoms with Crippen LogP contribution in [0.25, 0.3) is 21.3 Å². The largest absolute Gasteiger partial charge is 0.370 e. The van der Waals surface area contributed by atoms with Crippen LogP contribution in [0.5, 0.6) is 0 Å². The minimum atomic E-state index is -0.176. The molecule has 1 atom stereocenters. The van der Waals surface area contributed by atoms with Crippen LogP contribution in [0.3, 0.4) is 0 Å². The monoisotopic (exact) mass is 435 g/mol. The number of amides is 1. The van der Waals surface area contributed by atoms with Gasteiger partial charge < -0.3 is 10.6 Å². The number of fused-ring (bicyclic) bond motifs is 1. The maximum Gasteiger partial charge on any atom is 0.218 e. The van der Waals surface area contributed by atoms with Gasteiger partial charge in [-0.2, -0.15) is 0 Å². The van der Waals surface area contributed by atoms with Crippen molar-refractivity contribution in [3.05, 3.63) is 42.0 Å². The van der Waals surface area contributed by atoms with Crippen molar-refractivity contribution < 1.29 is 4.79 Å². The minimum Gasteiger partial charge on any atom is -0.370 e. The summed E-state index contributed by atoms with van der Waals surface area (Å²) in [5.74, 6) is 1.55. The Hall–Kier alpha value is -2.51. The molecule has 162 valence electrons. The number of nitrogens with zero attached hydrogens (tertiary/aromatic N) is 4. The number of piperidine rings is 1. The predicted octanol–water partition coefficient (Wildman–Crippen LogP) is 3.91. The number of aromatic nitrogens is 2. The van der Waals surface area contributed by atoms with E-state index in [4.69, 9.17) is 10.7 Å². The highest BCUT2D eigenvalue weighted by Crippen LogP contribution is 2.39. The molecule has 2 saturated heterocycles. The van der Waals surface area contributed by atoms with Gasteiger partial charge in [-0.1, -0.05) is 30.3 Å². The molecule has 1 aromatic carbocycles. The third kappa shape index (κ3) is 4.29. The van der Waals surface area contributed by atoms with Crippen molar-refractivity contribution in [2.24, 2.45) is 11.7 Å². The first kappa shape index (κ1) is 20.4. The molecule has 5 rings (SSSR count). The van der Waals surface area contributed by atoms with Gasteiger partial charge in [0.25, 0.3) is 0 Å². The molecule has 3 aromatic rings. The summed E-state index contributed by atoms with van der Waals surface area (Å²) in [5.41, 5.74) is 7.90. The Morgan fingerprint density at radius 1 is 1.10 bits per heavy atom. The minimum absolute atomic E-state index is 0.176. The summed E-state index contributed by atoms with van der Waals surface area (Å²) in [7, 11) is 0. The van der Waals surface area contributed by atoms with Gasteiger partial charge in [0.15, 0.2) is 0 Å². The van der Waals surface area contributed by atoms with Crippen LogP contribution in [0.2, 0.25) is 0 Å². The van der Waals surface area contributed by atoms with Crippen LogP contribution < -0.4 is 10.6 Å². The number of anilines is 1. The Bertz CT molecular complexity index is 1040. The Morgan fingerprint density at radius 3 is 2.68 bits per heavy atom. The van der Waals surface area contributed by atoms with E-state index < -0.39 is 0 Å². The molecule has 4 heterocycles. The van der Waals surface area contributed by atoms with E-state index >= 15 is 0 Å². The van der Waals surface area contributed by atoms with E-state index in [-0.39, 0.29) is 5.91 Å². The Balaban J connectivity index is 1.30. The molecule has 31 heavy (non-hydrogen) atoms. The molecule has 6 nitrogen and oxygen atoms in total. The van der Waals surface area contributed by atoms with Gasteiger partial charge in [0, 0.05) is 43.0 Å². The van der Waals surface area contributed by atoms with Crippen LogP contribution in [0.15, 0.2) is 42.0 Å². The molecule has 1 amide bonds. The summed E-state index contributed by atoms with van der Waals surface area (Å²) >= 11 is 1.69. The highest BCUT2D eigenvalue weighted by atomic mass is 32.1. The molecule has 0 saturated carbocycles. The smallest absolute Gasteiger partial charge is 0.218 e. The lowest BCUT2D eigenvalue weighted by atomic mass is 9.95. The van der Waals surface area contributed by atoms with Crippen molar-refractivity contribution >= 4 is 33.3 Å². The molecule has 2 aromatic heterocycles. The lowest BCUT2D eigenvalue weighted by molar-refractivity contribution is -0.119. The molecule has 2 fully saturated rings. The van der Waals surface area contributed by atoms with Gasteiger partial charge in [-0.15, -0.1) is 11.3 Å². The number of rotatable bonds is 6. The predicted molar refractivity (Wildman–Crippen MR) is 126 cm³/mol. The molecule has 0 unspecified atom stereocenters. The SMILES string of the molecule is NC(=O)C[C@@H]1CCCN1CC1CCN(c2ncnc3scc(-c4ccccc4)c23)CC1. The zero-order chi connectivity index (χ0) is 21.2. The highest BCUT2D eigenvalue weighted by Gasteiger charge is 2.30. The summed E-state index contributed by atoms with van der Waals surface area (Å²) in [6.07, 6.45) is 6.77. The van der Waals surface area contributed by atoms with Crippen molar-refractivity contribution in [2.75, 3.05) is 31.1 Å². The van der Waals surface area contributed by atoms with E-state index in [2.05, 4.69) is 50.5 Å². The van der Waals surface area contributed by atoms with Gasteiger partial charge >= 0.3 is 0 Å². The van der Waals surface area contributed by atoms with E-state index in [1.807, 2.05) is 0 Å². The number of hydrogen-bond donors (Lipinski definition) is 1. The number of likely N-dealkylation sites (tertiary alicyclic amines) is 1. The molecular formula is C24H29N5OS. The fraction of sp³-hybridized carbons (Fsp3) is 0.458. The molecule has 7 heteroatoms. The standard InChI is InChI=1S/C24H29N5OS/c25-21(30)13-19-7-4-10-29(19)14-17-8-11-28(12-9-17)23-22-20(18-5-2-1-3-6-18)15-31-24(22)27-16-26-23/h1-3,5-6,15-17,19H,4,7-14H2,(H2,25,30)/t19-/m0/s1. The van der Waals surface area contributed by atoms with E-state index in [1.165, 1.54) is 22.9 Å². The Labute approximate surface area is 187 Å². The average molecular weight is 436 g/mol. The number of thiophene rings is 1. The molecule has 0 radical (unpaired) electrons. The number of hydrogen-bond acceptors (Lipinski definition) is 6. The molecule has 0 aliphatic carbocycles. The first-order valence-electron chi connectivity index (χ1n) is 11.2. The van der Waals surface area contributed by atoms with Crippen molar-refractivity contribution in [1.29, 1.82) is 0 Å². The molecule has 0 bridgehead atoms. The second kappa shape index (κ2) is 8.93. The third-order valence-electron chi connectivity index (χ3n) is 6.78. The highest BCUT2D eigenvalue weighted by molar-refractivity contribution is 7.17. The fourth-order valence-electron chi connectivity index (χ4n) is 5.19. The van der Waals surface area contributed by atoms with Gasteiger partial charge in [0.1, 0.15) is 17.0 Å². The normalized spacial score (nSPS) is 20.5. The molecule has 2 aliphatic rings. The third-order valence-corrected chi connectivity index (χ3v) is 7.66. The topological polar surface area (TPSA) is 75.4 Å². The lowest BCUT2D eigenvalue weighted by Gasteiger charge is -2.36. The Kier molecular flexibility index (Phi) is 5.87. The van der Waals surface area contributed by atoms with E-state index in [0.717, 1.165) is 56.1 Å². The zero-order valence-electron chi connectivity index (χ0n) is 17.7. The lowest BCUT2D eigenvalue weighted by Crippen LogP contribution is -2.41. The molecular weight excluding hydrogens is 406 g/mol. The summed E-state index contributed by atoms with van der Waals surface area (Å²) in [6, 6.07) is 10.9. The summed E-state index contributed by atoms with van der Waals surface area (Å²) in [5, 5.41) is 3.38.